The summed E-state index contributed by atoms with van der Waals surface area (Å²) < 4.78 is 49.4. The second-order valence-corrected chi connectivity index (χ2v) is 14.3. The van der Waals surface area contributed by atoms with Gasteiger partial charge < -0.3 is 124 Å². The van der Waals surface area contributed by atoms with Crippen LogP contribution in [0, 0.1) is 0 Å². The Hall–Kier alpha value is -0.650. The molecule has 0 aromatic heterocycles. The fourth-order valence-corrected chi connectivity index (χ4v) is 7.34. The van der Waals surface area contributed by atoms with Crippen LogP contribution < -0.4 is 0 Å². The smallest absolute Gasteiger partial charge is 0.187 e. The average Bonchev–Trinajstić information content (AvgIpc) is 3.19. The molecular weight excluding hydrogens is 792 g/mol. The molecule has 5 heterocycles. The van der Waals surface area contributed by atoms with E-state index in [1.807, 2.05) is 0 Å². The van der Waals surface area contributed by atoms with E-state index in [0.717, 1.165) is 0 Å². The highest BCUT2D eigenvalue weighted by molar-refractivity contribution is 7.80. The maximum atomic E-state index is 11.1. The minimum Gasteiger partial charge on any atom is -0.394 e. The summed E-state index contributed by atoms with van der Waals surface area (Å²) in [4.78, 5) is 0. The van der Waals surface area contributed by atoms with E-state index < -0.39 is 180 Å². The molecule has 0 saturated carbocycles. The first-order valence-electron chi connectivity index (χ1n) is 17.6. The van der Waals surface area contributed by atoms with Crippen molar-refractivity contribution in [3.05, 3.63) is 0 Å². The SMILES string of the molecule is OC[C@H]1O[C@H](O)[C@H](O)[C@@H](O)[C@@H]1O[C@H]1O[C@H](CO)[C@@H](O[C@H]2O[C@H](CO)[C@@H](O[C@H]3O[C@H](CO)[C@@H](O[C@H]4O[C@H](CS)[C@@H](O)[C@H](O)[C@H]4O)[C@H](O)[C@H]3O)[C@H](O)[C@H]2O)[C@H](O)[C@H]1O. The van der Waals surface area contributed by atoms with Gasteiger partial charge in [0, 0.05) is 5.75 Å². The number of aliphatic hydroxyl groups is 16. The van der Waals surface area contributed by atoms with Gasteiger partial charge in [0.15, 0.2) is 31.5 Å². The first-order chi connectivity index (χ1) is 26.5. The molecule has 56 heavy (non-hydrogen) atoms. The van der Waals surface area contributed by atoms with Crippen LogP contribution in [-0.2, 0) is 42.6 Å². The Labute approximate surface area is 322 Å². The van der Waals surface area contributed by atoms with Crippen molar-refractivity contribution in [2.45, 2.75) is 154 Å². The molecule has 26 heteroatoms. The summed E-state index contributed by atoms with van der Waals surface area (Å²) in [5.74, 6) is -0.116. The maximum Gasteiger partial charge on any atom is 0.187 e. The standard InChI is InChI=1S/C30H52O25S/c31-1-6-22(13(37)17(41)26(46)47-6)52-28-19(43)15(39)24(8(3-33)48-28)54-30-21(45)16(40)25(9(4-34)50-30)55-29-20(44)14(38)23(7(2-32)49-29)53-27-18(42)12(36)11(35)10(5-56)51-27/h6-46,56H,1-5H2/t6-,7-,8-,9-,10-,11-,12+,13-,14-,15-,16-,17-,18-,19-,20-,21-,22-,23-,24-,25-,26+,27-,28-,29-,30-/m1/s1. The molecular formula is C30H52O25S. The fraction of sp³-hybridized carbons (Fsp3) is 1.00. The van der Waals surface area contributed by atoms with Crippen molar-refractivity contribution in [1.82, 2.24) is 0 Å². The number of hydrogen-bond acceptors (Lipinski definition) is 26. The summed E-state index contributed by atoms with van der Waals surface area (Å²) >= 11 is 4.01. The second kappa shape index (κ2) is 19.8. The van der Waals surface area contributed by atoms with Gasteiger partial charge in [-0.25, -0.2) is 0 Å². The van der Waals surface area contributed by atoms with E-state index in [2.05, 4.69) is 12.6 Å². The highest BCUT2D eigenvalue weighted by atomic mass is 32.1. The lowest BCUT2D eigenvalue weighted by molar-refractivity contribution is -0.392. The van der Waals surface area contributed by atoms with E-state index >= 15 is 0 Å². The van der Waals surface area contributed by atoms with E-state index in [0.29, 0.717) is 0 Å². The lowest BCUT2D eigenvalue weighted by Crippen LogP contribution is -2.68. The lowest BCUT2D eigenvalue weighted by Gasteiger charge is -2.49. The third-order valence-electron chi connectivity index (χ3n) is 10.3. The molecule has 5 aliphatic rings. The molecule has 0 amide bonds. The Balaban J connectivity index is 1.22. The molecule has 0 unspecified atom stereocenters. The van der Waals surface area contributed by atoms with E-state index in [4.69, 9.17) is 42.6 Å². The maximum absolute atomic E-state index is 11.1. The van der Waals surface area contributed by atoms with Crippen LogP contribution in [0.4, 0.5) is 0 Å². The molecule has 328 valence electrons. The highest BCUT2D eigenvalue weighted by Gasteiger charge is 2.56. The Morgan fingerprint density at radius 3 is 0.893 bits per heavy atom. The van der Waals surface area contributed by atoms with Gasteiger partial charge in [-0.3, -0.25) is 0 Å². The summed E-state index contributed by atoms with van der Waals surface area (Å²) in [5, 5.41) is 167. The van der Waals surface area contributed by atoms with Gasteiger partial charge in [0.2, 0.25) is 0 Å². The molecule has 25 nitrogen and oxygen atoms in total. The van der Waals surface area contributed by atoms with Crippen LogP contribution in [0.1, 0.15) is 0 Å². The van der Waals surface area contributed by atoms with Crippen molar-refractivity contribution >= 4 is 12.6 Å². The van der Waals surface area contributed by atoms with Crippen molar-refractivity contribution in [3.63, 3.8) is 0 Å². The molecule has 0 aliphatic carbocycles. The number of hydrogen-bond donors (Lipinski definition) is 17. The first kappa shape index (κ1) is 46.4. The van der Waals surface area contributed by atoms with Crippen LogP contribution in [-0.4, -0.2) is 267 Å². The van der Waals surface area contributed by atoms with Gasteiger partial charge in [-0.1, -0.05) is 0 Å². The third kappa shape index (κ3) is 9.31. The van der Waals surface area contributed by atoms with E-state index in [1.54, 1.807) is 0 Å². The number of thiol groups is 1. The van der Waals surface area contributed by atoms with Gasteiger partial charge in [0.25, 0.3) is 0 Å². The predicted molar refractivity (Wildman–Crippen MR) is 173 cm³/mol. The largest absolute Gasteiger partial charge is 0.394 e. The zero-order valence-corrected chi connectivity index (χ0v) is 30.1. The van der Waals surface area contributed by atoms with Crippen molar-refractivity contribution < 1.29 is 124 Å². The van der Waals surface area contributed by atoms with Crippen LogP contribution in [0.3, 0.4) is 0 Å². The predicted octanol–water partition coefficient (Wildman–Crippen LogP) is -11.0. The summed E-state index contributed by atoms with van der Waals surface area (Å²) in [6.07, 6.45) is -44.6. The molecule has 5 rings (SSSR count). The first-order valence-corrected chi connectivity index (χ1v) is 18.3. The molecule has 5 aliphatic heterocycles. The van der Waals surface area contributed by atoms with Gasteiger partial charge in [0.1, 0.15) is 116 Å². The Kier molecular flexibility index (Phi) is 16.4. The summed E-state index contributed by atoms with van der Waals surface area (Å²) in [6, 6.07) is 0. The monoisotopic (exact) mass is 844 g/mol. The quantitative estimate of drug-likeness (QED) is 0.0765. The number of ether oxygens (including phenoxy) is 9. The van der Waals surface area contributed by atoms with E-state index in [9.17, 15) is 81.7 Å². The fourth-order valence-electron chi connectivity index (χ4n) is 7.03. The zero-order chi connectivity index (χ0) is 41.3. The molecule has 0 spiro atoms. The van der Waals surface area contributed by atoms with Crippen LogP contribution in [0.25, 0.3) is 0 Å². The van der Waals surface area contributed by atoms with Gasteiger partial charge in [-0.2, -0.15) is 12.6 Å². The Morgan fingerprint density at radius 2 is 0.589 bits per heavy atom. The van der Waals surface area contributed by atoms with E-state index in [-0.39, 0.29) is 5.75 Å². The summed E-state index contributed by atoms with van der Waals surface area (Å²) in [6.45, 7) is -3.64. The minimum atomic E-state index is -2.10. The van der Waals surface area contributed by atoms with Gasteiger partial charge >= 0.3 is 0 Å². The van der Waals surface area contributed by atoms with Crippen molar-refractivity contribution in [2.75, 3.05) is 32.2 Å². The number of aliphatic hydroxyl groups excluding tert-OH is 16. The van der Waals surface area contributed by atoms with Crippen LogP contribution in [0.2, 0.25) is 0 Å². The minimum absolute atomic E-state index is 0.116. The number of rotatable bonds is 13. The Morgan fingerprint density at radius 1 is 0.321 bits per heavy atom. The zero-order valence-electron chi connectivity index (χ0n) is 29.2. The second-order valence-electron chi connectivity index (χ2n) is 13.9. The molecule has 0 radical (unpaired) electrons. The normalized spacial score (nSPS) is 53.2. The molecule has 25 atom stereocenters. The summed E-state index contributed by atoms with van der Waals surface area (Å²) in [5.41, 5.74) is 0. The lowest BCUT2D eigenvalue weighted by atomic mass is 9.95. The molecule has 5 fully saturated rings. The van der Waals surface area contributed by atoms with Crippen LogP contribution >= 0.6 is 12.6 Å². The average molecular weight is 845 g/mol. The summed E-state index contributed by atoms with van der Waals surface area (Å²) in [7, 11) is 0. The van der Waals surface area contributed by atoms with Crippen molar-refractivity contribution in [2.24, 2.45) is 0 Å². The molecule has 0 aromatic carbocycles. The van der Waals surface area contributed by atoms with E-state index in [1.165, 1.54) is 0 Å². The molecule has 16 N–H and O–H groups in total. The molecule has 0 aromatic rings. The third-order valence-corrected chi connectivity index (χ3v) is 10.7. The highest BCUT2D eigenvalue weighted by Crippen LogP contribution is 2.35. The van der Waals surface area contributed by atoms with Crippen molar-refractivity contribution in [3.8, 4) is 0 Å². The van der Waals surface area contributed by atoms with Gasteiger partial charge in [0.05, 0.1) is 32.5 Å². The molecule has 0 bridgehead atoms. The molecule has 5 saturated heterocycles. The van der Waals surface area contributed by atoms with Crippen LogP contribution in [0.5, 0.6) is 0 Å². The van der Waals surface area contributed by atoms with Crippen molar-refractivity contribution in [1.29, 1.82) is 0 Å². The van der Waals surface area contributed by atoms with Crippen LogP contribution in [0.15, 0.2) is 0 Å². The topological polar surface area (TPSA) is 407 Å². The Bertz CT molecular complexity index is 1200. The van der Waals surface area contributed by atoms with Gasteiger partial charge in [-0.15, -0.1) is 0 Å². The van der Waals surface area contributed by atoms with Gasteiger partial charge in [-0.05, 0) is 0 Å².